The normalized spacial score (nSPS) is 15.0. The van der Waals surface area contributed by atoms with Crippen molar-refractivity contribution in [2.75, 3.05) is 41.7 Å². The zero-order chi connectivity index (χ0) is 16.5. The molecular formula is C19H21N5. The Morgan fingerprint density at radius 3 is 2.29 bits per heavy atom. The lowest BCUT2D eigenvalue weighted by atomic mass is 10.2. The van der Waals surface area contributed by atoms with E-state index in [1.165, 1.54) is 11.3 Å². The number of fused-ring (bicyclic) bond motifs is 1. The minimum absolute atomic E-state index is 0.513. The molecule has 1 aromatic heterocycles. The number of hydrogen-bond donors (Lipinski definition) is 1. The lowest BCUT2D eigenvalue weighted by Gasteiger charge is -2.37. The highest BCUT2D eigenvalue weighted by Crippen LogP contribution is 2.25. The predicted molar refractivity (Wildman–Crippen MR) is 99.6 cm³/mol. The number of aryl methyl sites for hydroxylation is 1. The summed E-state index contributed by atoms with van der Waals surface area (Å²) in [6, 6.07) is 16.6. The maximum Gasteiger partial charge on any atom is 0.172 e. The Morgan fingerprint density at radius 1 is 0.833 bits per heavy atom. The second kappa shape index (κ2) is 6.00. The van der Waals surface area contributed by atoms with E-state index in [-0.39, 0.29) is 0 Å². The van der Waals surface area contributed by atoms with E-state index >= 15 is 0 Å². The molecule has 2 N–H and O–H groups in total. The Bertz CT molecular complexity index is 854. The quantitative estimate of drug-likeness (QED) is 0.787. The van der Waals surface area contributed by atoms with Crippen molar-refractivity contribution < 1.29 is 0 Å². The van der Waals surface area contributed by atoms with Crippen molar-refractivity contribution in [1.82, 2.24) is 9.97 Å². The van der Waals surface area contributed by atoms with E-state index in [1.807, 2.05) is 18.2 Å². The lowest BCUT2D eigenvalue weighted by Crippen LogP contribution is -2.47. The summed E-state index contributed by atoms with van der Waals surface area (Å²) in [5.74, 6) is 1.32. The summed E-state index contributed by atoms with van der Waals surface area (Å²) < 4.78 is 0. The molecule has 1 aliphatic rings. The van der Waals surface area contributed by atoms with Crippen LogP contribution in [-0.2, 0) is 0 Å². The fraction of sp³-hybridized carbons (Fsp3) is 0.263. The minimum Gasteiger partial charge on any atom is -0.381 e. The van der Waals surface area contributed by atoms with Crippen molar-refractivity contribution in [2.24, 2.45) is 0 Å². The van der Waals surface area contributed by atoms with Gasteiger partial charge in [0.1, 0.15) is 0 Å². The number of para-hydroxylation sites is 1. The molecule has 0 atom stereocenters. The molecule has 0 bridgehead atoms. The number of nitrogens with zero attached hydrogens (tertiary/aromatic N) is 4. The van der Waals surface area contributed by atoms with Gasteiger partial charge in [-0.1, -0.05) is 24.3 Å². The summed E-state index contributed by atoms with van der Waals surface area (Å²) in [5, 5.41) is 0. The van der Waals surface area contributed by atoms with Crippen molar-refractivity contribution in [2.45, 2.75) is 6.92 Å². The van der Waals surface area contributed by atoms with Gasteiger partial charge in [0.05, 0.1) is 11.0 Å². The van der Waals surface area contributed by atoms with Crippen LogP contribution in [0, 0.1) is 6.92 Å². The molecule has 122 valence electrons. The summed E-state index contributed by atoms with van der Waals surface area (Å²) >= 11 is 0. The van der Waals surface area contributed by atoms with Gasteiger partial charge in [0.2, 0.25) is 0 Å². The average Bonchev–Trinajstić information content (AvgIpc) is 2.62. The molecule has 5 heteroatoms. The average molecular weight is 319 g/mol. The molecule has 0 unspecified atom stereocenters. The molecule has 1 fully saturated rings. The van der Waals surface area contributed by atoms with E-state index < -0.39 is 0 Å². The predicted octanol–water partition coefficient (Wildman–Crippen LogP) is 2.85. The number of anilines is 3. The molecule has 0 aliphatic carbocycles. The van der Waals surface area contributed by atoms with E-state index in [0.717, 1.165) is 43.0 Å². The SMILES string of the molecule is Cc1ccc2nc(N)c(N3CCN(c4ccccc4)CC3)nc2c1. The maximum absolute atomic E-state index is 6.17. The summed E-state index contributed by atoms with van der Waals surface area (Å²) in [7, 11) is 0. The molecule has 0 radical (unpaired) electrons. The number of hydrogen-bond acceptors (Lipinski definition) is 5. The topological polar surface area (TPSA) is 58.3 Å². The van der Waals surface area contributed by atoms with Crippen molar-refractivity contribution in [3.05, 3.63) is 54.1 Å². The van der Waals surface area contributed by atoms with Crippen LogP contribution in [0.5, 0.6) is 0 Å². The molecule has 3 aromatic rings. The highest BCUT2D eigenvalue weighted by molar-refractivity contribution is 5.80. The van der Waals surface area contributed by atoms with E-state index in [2.05, 4.69) is 52.0 Å². The van der Waals surface area contributed by atoms with Crippen LogP contribution in [0.2, 0.25) is 0 Å². The van der Waals surface area contributed by atoms with Crippen LogP contribution in [0.1, 0.15) is 5.56 Å². The highest BCUT2D eigenvalue weighted by atomic mass is 15.3. The van der Waals surface area contributed by atoms with Gasteiger partial charge in [0.25, 0.3) is 0 Å². The molecule has 4 rings (SSSR count). The third-order valence-corrected chi connectivity index (χ3v) is 4.53. The monoisotopic (exact) mass is 319 g/mol. The van der Waals surface area contributed by atoms with E-state index in [9.17, 15) is 0 Å². The number of nitrogens with two attached hydrogens (primary N) is 1. The molecule has 0 saturated carbocycles. The number of aromatic nitrogens is 2. The number of nitrogen functional groups attached to an aromatic ring is 1. The van der Waals surface area contributed by atoms with Gasteiger partial charge in [-0.2, -0.15) is 0 Å². The standard InChI is InChI=1S/C19H21N5/c1-14-7-8-16-17(13-14)22-19(18(20)21-16)24-11-9-23(10-12-24)15-5-3-2-4-6-15/h2-8,13H,9-12H2,1H3,(H2,20,21). The summed E-state index contributed by atoms with van der Waals surface area (Å²) in [6.45, 7) is 5.76. The Hall–Kier alpha value is -2.82. The molecule has 5 nitrogen and oxygen atoms in total. The van der Waals surface area contributed by atoms with Crippen LogP contribution < -0.4 is 15.5 Å². The smallest absolute Gasteiger partial charge is 0.172 e. The largest absolute Gasteiger partial charge is 0.381 e. The van der Waals surface area contributed by atoms with Gasteiger partial charge in [-0.05, 0) is 36.8 Å². The molecule has 2 heterocycles. The highest BCUT2D eigenvalue weighted by Gasteiger charge is 2.21. The first kappa shape index (κ1) is 14.8. The summed E-state index contributed by atoms with van der Waals surface area (Å²) in [4.78, 5) is 13.9. The molecule has 1 aliphatic heterocycles. The van der Waals surface area contributed by atoms with E-state index in [4.69, 9.17) is 10.7 Å². The van der Waals surface area contributed by atoms with Gasteiger partial charge >= 0.3 is 0 Å². The van der Waals surface area contributed by atoms with Crippen LogP contribution in [-0.4, -0.2) is 36.1 Å². The minimum atomic E-state index is 0.513. The second-order valence-corrected chi connectivity index (χ2v) is 6.23. The van der Waals surface area contributed by atoms with Crippen LogP contribution in [0.15, 0.2) is 48.5 Å². The first-order valence-corrected chi connectivity index (χ1v) is 8.29. The fourth-order valence-electron chi connectivity index (χ4n) is 3.22. The number of piperazine rings is 1. The zero-order valence-electron chi connectivity index (χ0n) is 13.8. The molecule has 1 saturated heterocycles. The summed E-state index contributed by atoms with van der Waals surface area (Å²) in [6.07, 6.45) is 0. The van der Waals surface area contributed by atoms with Gasteiger partial charge in [-0.15, -0.1) is 0 Å². The fourth-order valence-corrected chi connectivity index (χ4v) is 3.22. The first-order valence-electron chi connectivity index (χ1n) is 8.29. The van der Waals surface area contributed by atoms with Crippen molar-refractivity contribution in [1.29, 1.82) is 0 Å². The Kier molecular flexibility index (Phi) is 3.69. The first-order chi connectivity index (χ1) is 11.7. The lowest BCUT2D eigenvalue weighted by molar-refractivity contribution is 0.648. The van der Waals surface area contributed by atoms with Gasteiger partial charge < -0.3 is 15.5 Å². The van der Waals surface area contributed by atoms with Crippen molar-refractivity contribution in [3.63, 3.8) is 0 Å². The van der Waals surface area contributed by atoms with E-state index in [1.54, 1.807) is 0 Å². The summed E-state index contributed by atoms with van der Waals surface area (Å²) in [5.41, 5.74) is 10.4. The van der Waals surface area contributed by atoms with Crippen molar-refractivity contribution >= 4 is 28.4 Å². The van der Waals surface area contributed by atoms with Crippen LogP contribution >= 0.6 is 0 Å². The number of benzene rings is 2. The van der Waals surface area contributed by atoms with Gasteiger partial charge in [-0.3, -0.25) is 0 Å². The maximum atomic E-state index is 6.17. The Labute approximate surface area is 141 Å². The number of rotatable bonds is 2. The molecule has 2 aromatic carbocycles. The molecular weight excluding hydrogens is 298 g/mol. The van der Waals surface area contributed by atoms with Crippen LogP contribution in [0.3, 0.4) is 0 Å². The van der Waals surface area contributed by atoms with Crippen LogP contribution in [0.4, 0.5) is 17.3 Å². The van der Waals surface area contributed by atoms with E-state index in [0.29, 0.717) is 5.82 Å². The van der Waals surface area contributed by atoms with Gasteiger partial charge in [-0.25, -0.2) is 9.97 Å². The zero-order valence-corrected chi connectivity index (χ0v) is 13.8. The molecule has 24 heavy (non-hydrogen) atoms. The van der Waals surface area contributed by atoms with Crippen LogP contribution in [0.25, 0.3) is 11.0 Å². The Balaban J connectivity index is 1.57. The molecule has 0 spiro atoms. The van der Waals surface area contributed by atoms with Gasteiger partial charge in [0, 0.05) is 31.9 Å². The molecule has 0 amide bonds. The van der Waals surface area contributed by atoms with Gasteiger partial charge in [0.15, 0.2) is 11.6 Å². The van der Waals surface area contributed by atoms with Crippen molar-refractivity contribution in [3.8, 4) is 0 Å². The third kappa shape index (κ3) is 2.73. The third-order valence-electron chi connectivity index (χ3n) is 4.53. The second-order valence-electron chi connectivity index (χ2n) is 6.23. The Morgan fingerprint density at radius 2 is 1.54 bits per heavy atom.